The predicted molar refractivity (Wildman–Crippen MR) is 99.6 cm³/mol. The number of nitrogens with one attached hydrogen (secondary N) is 1. The van der Waals surface area contributed by atoms with Crippen LogP contribution >= 0.6 is 0 Å². The molecular formula is C20H19N3O2. The minimum absolute atomic E-state index is 0.0536. The van der Waals surface area contributed by atoms with Crippen molar-refractivity contribution in [1.82, 2.24) is 4.98 Å². The zero-order chi connectivity index (χ0) is 17.8. The van der Waals surface area contributed by atoms with Crippen molar-refractivity contribution in [2.45, 2.75) is 13.8 Å². The Bertz CT molecular complexity index is 932. The van der Waals surface area contributed by atoms with Crippen molar-refractivity contribution >= 4 is 34.1 Å². The number of aryl methyl sites for hydroxylation is 1. The summed E-state index contributed by atoms with van der Waals surface area (Å²) >= 11 is 0. The van der Waals surface area contributed by atoms with E-state index in [-0.39, 0.29) is 18.4 Å². The zero-order valence-electron chi connectivity index (χ0n) is 14.2. The Morgan fingerprint density at radius 3 is 2.60 bits per heavy atom. The van der Waals surface area contributed by atoms with Gasteiger partial charge in [0.15, 0.2) is 0 Å². The number of rotatable bonds is 4. The van der Waals surface area contributed by atoms with Crippen LogP contribution in [-0.2, 0) is 9.59 Å². The van der Waals surface area contributed by atoms with E-state index in [0.717, 1.165) is 16.5 Å². The quantitative estimate of drug-likeness (QED) is 0.794. The first-order chi connectivity index (χ1) is 12.0. The molecule has 5 nitrogen and oxygen atoms in total. The lowest BCUT2D eigenvalue weighted by Gasteiger charge is -2.21. The molecule has 0 aliphatic carbocycles. The Labute approximate surface area is 146 Å². The minimum Gasteiger partial charge on any atom is -0.323 e. The molecule has 0 saturated heterocycles. The van der Waals surface area contributed by atoms with Crippen molar-refractivity contribution in [3.8, 4) is 0 Å². The van der Waals surface area contributed by atoms with Crippen LogP contribution in [0.5, 0.6) is 0 Å². The maximum absolute atomic E-state index is 12.5. The van der Waals surface area contributed by atoms with E-state index in [1.54, 1.807) is 12.3 Å². The molecule has 0 aliphatic heterocycles. The van der Waals surface area contributed by atoms with E-state index in [1.165, 1.54) is 11.8 Å². The molecule has 0 spiro atoms. The molecule has 1 heterocycles. The summed E-state index contributed by atoms with van der Waals surface area (Å²) in [6.07, 6.45) is 1.69. The van der Waals surface area contributed by atoms with Gasteiger partial charge < -0.3 is 10.2 Å². The molecule has 25 heavy (non-hydrogen) atoms. The topological polar surface area (TPSA) is 62.3 Å². The molecule has 0 saturated carbocycles. The first-order valence-electron chi connectivity index (χ1n) is 8.03. The molecule has 0 unspecified atom stereocenters. The van der Waals surface area contributed by atoms with Gasteiger partial charge in [-0.1, -0.05) is 30.3 Å². The van der Waals surface area contributed by atoms with E-state index in [4.69, 9.17) is 0 Å². The third kappa shape index (κ3) is 3.83. The molecule has 0 atom stereocenters. The Kier molecular flexibility index (Phi) is 4.75. The fraction of sp³-hybridized carbons (Fsp3) is 0.150. The lowest BCUT2D eigenvalue weighted by molar-refractivity contribution is -0.120. The van der Waals surface area contributed by atoms with Crippen LogP contribution in [0.1, 0.15) is 12.5 Å². The van der Waals surface area contributed by atoms with E-state index >= 15 is 0 Å². The molecule has 1 N–H and O–H groups in total. The van der Waals surface area contributed by atoms with Gasteiger partial charge in [0.25, 0.3) is 0 Å². The summed E-state index contributed by atoms with van der Waals surface area (Å²) in [6, 6.07) is 16.9. The highest BCUT2D eigenvalue weighted by molar-refractivity contribution is 6.05. The van der Waals surface area contributed by atoms with Gasteiger partial charge in [-0.3, -0.25) is 14.6 Å². The molecule has 2 aromatic carbocycles. The number of para-hydroxylation sites is 1. The van der Waals surface area contributed by atoms with E-state index in [9.17, 15) is 9.59 Å². The Morgan fingerprint density at radius 1 is 1.08 bits per heavy atom. The first kappa shape index (κ1) is 16.6. The van der Waals surface area contributed by atoms with Crippen molar-refractivity contribution < 1.29 is 9.59 Å². The number of carbonyl (C=O) groups excluding carboxylic acids is 2. The van der Waals surface area contributed by atoms with Gasteiger partial charge in [-0.2, -0.15) is 0 Å². The molecule has 3 rings (SSSR count). The average molecular weight is 333 g/mol. The SMILES string of the molecule is CC(=O)N(CC(=O)Nc1cccc2cccnc12)c1cccc(C)c1. The van der Waals surface area contributed by atoms with Crippen LogP contribution in [0.2, 0.25) is 0 Å². The second-order valence-electron chi connectivity index (χ2n) is 5.87. The fourth-order valence-corrected chi connectivity index (χ4v) is 2.72. The van der Waals surface area contributed by atoms with Crippen LogP contribution in [-0.4, -0.2) is 23.3 Å². The fourth-order valence-electron chi connectivity index (χ4n) is 2.72. The maximum Gasteiger partial charge on any atom is 0.244 e. The lowest BCUT2D eigenvalue weighted by Crippen LogP contribution is -2.36. The lowest BCUT2D eigenvalue weighted by atomic mass is 10.2. The average Bonchev–Trinajstić information content (AvgIpc) is 2.60. The molecule has 1 aromatic heterocycles. The molecule has 126 valence electrons. The number of nitrogens with zero attached hydrogens (tertiary/aromatic N) is 2. The number of hydrogen-bond acceptors (Lipinski definition) is 3. The summed E-state index contributed by atoms with van der Waals surface area (Å²) < 4.78 is 0. The normalized spacial score (nSPS) is 10.5. The summed E-state index contributed by atoms with van der Waals surface area (Å²) in [5.74, 6) is -0.452. The number of hydrogen-bond donors (Lipinski definition) is 1. The highest BCUT2D eigenvalue weighted by atomic mass is 16.2. The van der Waals surface area contributed by atoms with Crippen LogP contribution < -0.4 is 10.2 Å². The number of pyridine rings is 1. The van der Waals surface area contributed by atoms with Crippen LogP contribution in [0.25, 0.3) is 10.9 Å². The maximum atomic E-state index is 12.5. The van der Waals surface area contributed by atoms with Gasteiger partial charge in [0.1, 0.15) is 6.54 Å². The highest BCUT2D eigenvalue weighted by Crippen LogP contribution is 2.21. The van der Waals surface area contributed by atoms with Gasteiger partial charge in [0.05, 0.1) is 11.2 Å². The van der Waals surface area contributed by atoms with E-state index in [2.05, 4.69) is 10.3 Å². The van der Waals surface area contributed by atoms with Gasteiger partial charge in [-0.25, -0.2) is 0 Å². The number of fused-ring (bicyclic) bond motifs is 1. The Balaban J connectivity index is 1.81. The Hall–Kier alpha value is -3.21. The van der Waals surface area contributed by atoms with Crippen molar-refractivity contribution in [1.29, 1.82) is 0 Å². The van der Waals surface area contributed by atoms with Crippen molar-refractivity contribution in [3.63, 3.8) is 0 Å². The third-order valence-electron chi connectivity index (χ3n) is 3.90. The number of benzene rings is 2. The number of aromatic nitrogens is 1. The van der Waals surface area contributed by atoms with E-state index in [1.807, 2.05) is 55.5 Å². The molecular weight excluding hydrogens is 314 g/mol. The molecule has 3 aromatic rings. The summed E-state index contributed by atoms with van der Waals surface area (Å²) in [4.78, 5) is 30.3. The molecule has 0 aliphatic rings. The number of carbonyl (C=O) groups is 2. The van der Waals surface area contributed by atoms with Crippen molar-refractivity contribution in [2.24, 2.45) is 0 Å². The van der Waals surface area contributed by atoms with Gasteiger partial charge in [0.2, 0.25) is 11.8 Å². The number of anilines is 2. The van der Waals surface area contributed by atoms with Crippen molar-refractivity contribution in [2.75, 3.05) is 16.8 Å². The molecule has 0 fully saturated rings. The third-order valence-corrected chi connectivity index (χ3v) is 3.90. The van der Waals surface area contributed by atoms with Crippen LogP contribution in [0, 0.1) is 6.92 Å². The summed E-state index contributed by atoms with van der Waals surface area (Å²) in [5.41, 5.74) is 3.10. The van der Waals surface area contributed by atoms with Crippen molar-refractivity contribution in [3.05, 3.63) is 66.4 Å². The summed E-state index contributed by atoms with van der Waals surface area (Å²) in [5, 5.41) is 3.81. The first-order valence-corrected chi connectivity index (χ1v) is 8.03. The second kappa shape index (κ2) is 7.13. The standard InChI is InChI=1S/C20H19N3O2/c1-14-6-3-9-17(12-14)23(15(2)24)13-19(25)22-18-10-4-7-16-8-5-11-21-20(16)18/h3-12H,13H2,1-2H3,(H,22,25). The van der Waals surface area contributed by atoms with Gasteiger partial charge in [-0.15, -0.1) is 0 Å². The van der Waals surface area contributed by atoms with Crippen LogP contribution in [0.4, 0.5) is 11.4 Å². The molecule has 0 bridgehead atoms. The van der Waals surface area contributed by atoms with Gasteiger partial charge >= 0.3 is 0 Å². The van der Waals surface area contributed by atoms with Crippen LogP contribution in [0.3, 0.4) is 0 Å². The van der Waals surface area contributed by atoms with E-state index in [0.29, 0.717) is 11.4 Å². The van der Waals surface area contributed by atoms with Gasteiger partial charge in [0, 0.05) is 24.2 Å². The van der Waals surface area contributed by atoms with Gasteiger partial charge in [-0.05, 0) is 36.8 Å². The number of amides is 2. The monoisotopic (exact) mass is 333 g/mol. The smallest absolute Gasteiger partial charge is 0.244 e. The molecule has 5 heteroatoms. The molecule has 2 amide bonds. The molecule has 0 radical (unpaired) electrons. The minimum atomic E-state index is -0.269. The zero-order valence-corrected chi connectivity index (χ0v) is 14.2. The van der Waals surface area contributed by atoms with E-state index < -0.39 is 0 Å². The Morgan fingerprint density at radius 2 is 1.84 bits per heavy atom. The summed E-state index contributed by atoms with van der Waals surface area (Å²) in [7, 11) is 0. The second-order valence-corrected chi connectivity index (χ2v) is 5.87. The van der Waals surface area contributed by atoms with Crippen LogP contribution in [0.15, 0.2) is 60.8 Å². The summed E-state index contributed by atoms with van der Waals surface area (Å²) in [6.45, 7) is 3.35. The largest absolute Gasteiger partial charge is 0.323 e. The predicted octanol–water partition coefficient (Wildman–Crippen LogP) is 3.53. The highest BCUT2D eigenvalue weighted by Gasteiger charge is 2.16.